The van der Waals surface area contributed by atoms with E-state index < -0.39 is 11.5 Å². The Bertz CT molecular complexity index is 588. The zero-order valence-electron chi connectivity index (χ0n) is 14.1. The van der Waals surface area contributed by atoms with E-state index in [4.69, 9.17) is 4.74 Å². The fraction of sp³-hybridized carbons (Fsp3) is 0.556. The Hall–Kier alpha value is -1.49. The summed E-state index contributed by atoms with van der Waals surface area (Å²) in [5, 5.41) is 2.83. The summed E-state index contributed by atoms with van der Waals surface area (Å²) in [4.78, 5) is 25.2. The average molecular weight is 335 g/mol. The molecule has 1 unspecified atom stereocenters. The maximum Gasteiger partial charge on any atom is 0.331 e. The van der Waals surface area contributed by atoms with Gasteiger partial charge >= 0.3 is 5.97 Å². The molecule has 1 amide bonds. The van der Waals surface area contributed by atoms with Gasteiger partial charge in [0.15, 0.2) is 0 Å². The van der Waals surface area contributed by atoms with Crippen molar-refractivity contribution in [3.63, 3.8) is 0 Å². The Balaban J connectivity index is 1.92. The molecular formula is C18H25NO3S. The van der Waals surface area contributed by atoms with Crippen molar-refractivity contribution in [3.05, 3.63) is 29.3 Å². The fourth-order valence-electron chi connectivity index (χ4n) is 3.07. The van der Waals surface area contributed by atoms with Crippen LogP contribution in [0.1, 0.15) is 44.2 Å². The quantitative estimate of drug-likeness (QED) is 0.614. The Morgan fingerprint density at radius 1 is 1.30 bits per heavy atom. The van der Waals surface area contributed by atoms with E-state index in [2.05, 4.69) is 23.5 Å². The maximum absolute atomic E-state index is 12.2. The van der Waals surface area contributed by atoms with Crippen LogP contribution < -0.4 is 5.32 Å². The van der Waals surface area contributed by atoms with E-state index in [-0.39, 0.29) is 5.91 Å². The van der Waals surface area contributed by atoms with Gasteiger partial charge in [0.2, 0.25) is 5.91 Å². The summed E-state index contributed by atoms with van der Waals surface area (Å²) in [5.74, 6) is -0.234. The molecule has 1 aromatic rings. The molecule has 0 bridgehead atoms. The summed E-state index contributed by atoms with van der Waals surface area (Å²) >= 11 is 1.51. The fourth-order valence-corrected chi connectivity index (χ4v) is 3.83. The number of esters is 1. The first-order valence-corrected chi connectivity index (χ1v) is 9.11. The van der Waals surface area contributed by atoms with Gasteiger partial charge in [-0.3, -0.25) is 4.79 Å². The summed E-state index contributed by atoms with van der Waals surface area (Å²) in [5.41, 5.74) is 1.89. The number of rotatable bonds is 7. The molecule has 0 saturated heterocycles. The van der Waals surface area contributed by atoms with Crippen molar-refractivity contribution in [2.45, 2.75) is 56.4 Å². The molecule has 4 nitrogen and oxygen atoms in total. The highest BCUT2D eigenvalue weighted by Crippen LogP contribution is 2.27. The van der Waals surface area contributed by atoms with E-state index in [1.807, 2.05) is 6.92 Å². The number of hydrogen-bond acceptors (Lipinski definition) is 4. The molecular weight excluding hydrogens is 310 g/mol. The van der Waals surface area contributed by atoms with Crippen LogP contribution in [-0.4, -0.2) is 30.3 Å². The first-order chi connectivity index (χ1) is 11.0. The Kier molecular flexibility index (Phi) is 6.10. The van der Waals surface area contributed by atoms with Crippen LogP contribution in [0.3, 0.4) is 0 Å². The van der Waals surface area contributed by atoms with E-state index >= 15 is 0 Å². The predicted octanol–water partition coefficient (Wildman–Crippen LogP) is 3.12. The largest absolute Gasteiger partial charge is 0.467 e. The summed E-state index contributed by atoms with van der Waals surface area (Å²) in [7, 11) is 1.35. The summed E-state index contributed by atoms with van der Waals surface area (Å²) < 4.78 is 4.82. The van der Waals surface area contributed by atoms with E-state index in [0.717, 1.165) is 24.2 Å². The third-order valence-electron chi connectivity index (χ3n) is 4.24. The lowest BCUT2D eigenvalue weighted by Gasteiger charge is -2.27. The van der Waals surface area contributed by atoms with Gasteiger partial charge in [-0.2, -0.15) is 0 Å². The summed E-state index contributed by atoms with van der Waals surface area (Å²) in [6, 6.07) is 6.43. The number of carbonyl (C=O) groups is 2. The molecule has 0 saturated carbocycles. The molecule has 0 fully saturated rings. The van der Waals surface area contributed by atoms with E-state index in [9.17, 15) is 9.59 Å². The lowest BCUT2D eigenvalue weighted by molar-refractivity contribution is -0.150. The minimum absolute atomic E-state index is 0.142. The van der Waals surface area contributed by atoms with Gasteiger partial charge in [0.05, 0.1) is 12.9 Å². The van der Waals surface area contributed by atoms with Crippen molar-refractivity contribution >= 4 is 23.6 Å². The van der Waals surface area contributed by atoms with Gasteiger partial charge in [0.1, 0.15) is 5.54 Å². The monoisotopic (exact) mass is 335 g/mol. The van der Waals surface area contributed by atoms with Crippen LogP contribution in [0.15, 0.2) is 23.1 Å². The number of methoxy groups -OCH3 is 1. The number of nitrogens with one attached hydrogen (secondary N) is 1. The topological polar surface area (TPSA) is 55.4 Å². The van der Waals surface area contributed by atoms with Gasteiger partial charge < -0.3 is 10.1 Å². The van der Waals surface area contributed by atoms with Crippen LogP contribution in [0, 0.1) is 0 Å². The second-order valence-electron chi connectivity index (χ2n) is 6.19. The first-order valence-electron chi connectivity index (χ1n) is 8.12. The number of carbonyl (C=O) groups excluding carboxylic acids is 2. The number of fused-ring (bicyclic) bond motifs is 1. The zero-order chi connectivity index (χ0) is 16.9. The molecule has 2 rings (SSSR count). The van der Waals surface area contributed by atoms with Crippen molar-refractivity contribution in [2.24, 2.45) is 0 Å². The van der Waals surface area contributed by atoms with E-state index in [1.54, 1.807) is 6.92 Å². The number of ether oxygens (including phenoxy) is 1. The number of aryl methyl sites for hydroxylation is 2. The molecule has 0 heterocycles. The molecule has 1 atom stereocenters. The minimum Gasteiger partial charge on any atom is -0.467 e. The molecule has 5 heteroatoms. The third kappa shape index (κ3) is 4.50. The average Bonchev–Trinajstić information content (AvgIpc) is 2.99. The molecule has 126 valence electrons. The second-order valence-corrected chi connectivity index (χ2v) is 7.24. The van der Waals surface area contributed by atoms with Crippen LogP contribution in [-0.2, 0) is 27.2 Å². The molecule has 0 aromatic heterocycles. The van der Waals surface area contributed by atoms with Gasteiger partial charge in [-0.05, 0) is 55.9 Å². The Morgan fingerprint density at radius 3 is 2.74 bits per heavy atom. The number of hydrogen-bond donors (Lipinski definition) is 1. The smallest absolute Gasteiger partial charge is 0.331 e. The molecule has 0 aliphatic heterocycles. The molecule has 1 aromatic carbocycles. The van der Waals surface area contributed by atoms with Crippen LogP contribution in [0.2, 0.25) is 0 Å². The molecule has 0 spiro atoms. The van der Waals surface area contributed by atoms with Crippen molar-refractivity contribution in [1.82, 2.24) is 5.32 Å². The van der Waals surface area contributed by atoms with Crippen LogP contribution in [0.5, 0.6) is 0 Å². The van der Waals surface area contributed by atoms with E-state index in [0.29, 0.717) is 12.2 Å². The zero-order valence-corrected chi connectivity index (χ0v) is 14.9. The Labute approximate surface area is 142 Å². The highest BCUT2D eigenvalue weighted by atomic mass is 32.2. The molecule has 1 aliphatic carbocycles. The van der Waals surface area contributed by atoms with Crippen molar-refractivity contribution in [2.75, 3.05) is 12.9 Å². The summed E-state index contributed by atoms with van der Waals surface area (Å²) in [6.45, 7) is 3.70. The van der Waals surface area contributed by atoms with Crippen LogP contribution >= 0.6 is 11.8 Å². The highest BCUT2D eigenvalue weighted by Gasteiger charge is 2.34. The van der Waals surface area contributed by atoms with Gasteiger partial charge in [0.25, 0.3) is 0 Å². The van der Waals surface area contributed by atoms with Crippen LogP contribution in [0.4, 0.5) is 0 Å². The van der Waals surface area contributed by atoms with Crippen molar-refractivity contribution < 1.29 is 14.3 Å². The maximum atomic E-state index is 12.2. The second kappa shape index (κ2) is 7.86. The minimum atomic E-state index is -0.945. The third-order valence-corrected chi connectivity index (χ3v) is 5.23. The lowest BCUT2D eigenvalue weighted by atomic mass is 9.96. The molecule has 1 N–H and O–H groups in total. The number of amides is 1. The molecule has 1 aliphatic rings. The van der Waals surface area contributed by atoms with Gasteiger partial charge in [0, 0.05) is 4.90 Å². The van der Waals surface area contributed by atoms with E-state index in [1.165, 1.54) is 36.4 Å². The number of benzene rings is 1. The summed E-state index contributed by atoms with van der Waals surface area (Å²) in [6.07, 6.45) is 4.87. The van der Waals surface area contributed by atoms with Crippen LogP contribution in [0.25, 0.3) is 0 Å². The Morgan fingerprint density at radius 2 is 2.04 bits per heavy atom. The standard InChI is InChI=1S/C18H25NO3S/c1-4-10-18(2,17(21)22-3)19-16(20)12-23-15-9-8-13-6-5-7-14(13)11-15/h8-9,11H,4-7,10,12H2,1-3H3,(H,19,20). The molecule has 0 radical (unpaired) electrons. The molecule has 23 heavy (non-hydrogen) atoms. The van der Waals surface area contributed by atoms with Crippen molar-refractivity contribution in [3.8, 4) is 0 Å². The highest BCUT2D eigenvalue weighted by molar-refractivity contribution is 8.00. The van der Waals surface area contributed by atoms with Gasteiger partial charge in [-0.1, -0.05) is 19.4 Å². The van der Waals surface area contributed by atoms with Gasteiger partial charge in [-0.15, -0.1) is 11.8 Å². The predicted molar refractivity (Wildman–Crippen MR) is 92.7 cm³/mol. The lowest BCUT2D eigenvalue weighted by Crippen LogP contribution is -2.53. The number of thioether (sulfide) groups is 1. The van der Waals surface area contributed by atoms with Crippen molar-refractivity contribution in [1.29, 1.82) is 0 Å². The van der Waals surface area contributed by atoms with Gasteiger partial charge in [-0.25, -0.2) is 4.79 Å². The first kappa shape index (κ1) is 17.9. The normalized spacial score (nSPS) is 15.6. The SMILES string of the molecule is CCCC(C)(NC(=O)CSc1ccc2c(c1)CCC2)C(=O)OC.